The number of anilines is 1. The number of carbonyl (C=O) groups is 1. The summed E-state index contributed by atoms with van der Waals surface area (Å²) in [6, 6.07) is 3.69. The van der Waals surface area contributed by atoms with Crippen LogP contribution in [0.4, 0.5) is 19.1 Å². The van der Waals surface area contributed by atoms with Gasteiger partial charge >= 0.3 is 6.18 Å². The summed E-state index contributed by atoms with van der Waals surface area (Å²) in [6.07, 6.45) is -2.59. The lowest BCUT2D eigenvalue weighted by atomic mass is 9.97. The summed E-state index contributed by atoms with van der Waals surface area (Å²) in [5.41, 5.74) is 2.21. The Labute approximate surface area is 184 Å². The molecule has 1 unspecified atom stereocenters. The maximum Gasteiger partial charge on any atom is 0.416 e. The molecule has 0 bridgehead atoms. The number of hydrogen-bond donors (Lipinski definition) is 1. The Morgan fingerprint density at radius 2 is 2.03 bits per heavy atom. The monoisotopic (exact) mass is 445 g/mol. The first-order chi connectivity index (χ1) is 15.1. The zero-order valence-electron chi connectivity index (χ0n) is 18.4. The maximum absolute atomic E-state index is 13.4. The van der Waals surface area contributed by atoms with Gasteiger partial charge < -0.3 is 14.8 Å². The van der Waals surface area contributed by atoms with Gasteiger partial charge in [0.25, 0.3) is 0 Å². The van der Waals surface area contributed by atoms with Crippen LogP contribution in [-0.4, -0.2) is 26.9 Å². The number of rotatable bonds is 3. The van der Waals surface area contributed by atoms with Gasteiger partial charge in [-0.25, -0.2) is 0 Å². The molecule has 0 spiro atoms. The van der Waals surface area contributed by atoms with Gasteiger partial charge in [-0.15, -0.1) is 0 Å². The molecule has 3 aliphatic rings. The summed E-state index contributed by atoms with van der Waals surface area (Å²) in [6.45, 7) is 7.74. The van der Waals surface area contributed by atoms with Crippen LogP contribution in [0.5, 0.6) is 0 Å². The topological polar surface area (TPSA) is 62.5 Å². The average molecular weight is 445 g/mol. The fourth-order valence-corrected chi connectivity index (χ4v) is 4.77. The molecule has 1 aromatic carbocycles. The number of hydrogen-bond acceptors (Lipinski definition) is 4. The van der Waals surface area contributed by atoms with Crippen LogP contribution in [0.25, 0.3) is 0 Å². The number of halogens is 3. The molecule has 1 N–H and O–H groups in total. The van der Waals surface area contributed by atoms with Crippen molar-refractivity contribution >= 4 is 11.9 Å². The lowest BCUT2D eigenvalue weighted by Gasteiger charge is -2.19. The van der Waals surface area contributed by atoms with E-state index in [9.17, 15) is 18.0 Å². The van der Waals surface area contributed by atoms with E-state index in [2.05, 4.69) is 14.9 Å². The minimum atomic E-state index is -4.41. The highest BCUT2D eigenvalue weighted by atomic mass is 19.4. The highest BCUT2D eigenvalue weighted by Crippen LogP contribution is 2.47. The molecule has 1 aliphatic carbocycles. The van der Waals surface area contributed by atoms with Crippen molar-refractivity contribution in [1.29, 1.82) is 0 Å². The third-order valence-corrected chi connectivity index (χ3v) is 6.97. The van der Waals surface area contributed by atoms with Crippen molar-refractivity contribution < 1.29 is 18.0 Å². The minimum absolute atomic E-state index is 0.154. The van der Waals surface area contributed by atoms with Gasteiger partial charge in [0.05, 0.1) is 24.7 Å². The maximum atomic E-state index is 13.4. The van der Waals surface area contributed by atoms with Crippen LogP contribution >= 0.6 is 0 Å². The van der Waals surface area contributed by atoms with Gasteiger partial charge in [0, 0.05) is 29.8 Å². The zero-order valence-corrected chi connectivity index (χ0v) is 18.4. The minimum Gasteiger partial charge on any atom is -0.354 e. The number of fused-ring (bicyclic) bond motifs is 3. The van der Waals surface area contributed by atoms with E-state index in [1.807, 2.05) is 11.8 Å². The molecule has 1 amide bonds. The molecule has 2 aliphatic heterocycles. The van der Waals surface area contributed by atoms with Crippen LogP contribution < -0.4 is 10.8 Å². The second kappa shape index (κ2) is 7.08. The van der Waals surface area contributed by atoms with Crippen molar-refractivity contribution in [2.24, 2.45) is 10.4 Å². The van der Waals surface area contributed by atoms with Crippen molar-refractivity contribution in [1.82, 2.24) is 14.5 Å². The summed E-state index contributed by atoms with van der Waals surface area (Å²) in [4.78, 5) is 24.3. The Hall–Kier alpha value is -2.84. The molecule has 1 atom stereocenters. The number of aromatic nitrogens is 2. The van der Waals surface area contributed by atoms with E-state index in [1.54, 1.807) is 13.0 Å². The van der Waals surface area contributed by atoms with E-state index in [0.717, 1.165) is 43.3 Å². The second-order valence-electron chi connectivity index (χ2n) is 9.31. The summed E-state index contributed by atoms with van der Waals surface area (Å²) in [5.74, 6) is 0.851. The quantitative estimate of drug-likeness (QED) is 0.779. The third-order valence-electron chi connectivity index (χ3n) is 6.97. The molecule has 2 aromatic rings. The first-order valence-electron chi connectivity index (χ1n) is 10.9. The Morgan fingerprint density at radius 3 is 2.72 bits per heavy atom. The molecular weight excluding hydrogens is 419 g/mol. The van der Waals surface area contributed by atoms with Crippen LogP contribution in [0.15, 0.2) is 23.2 Å². The number of amides is 1. The molecule has 5 rings (SSSR count). The van der Waals surface area contributed by atoms with Crippen molar-refractivity contribution in [3.8, 4) is 0 Å². The van der Waals surface area contributed by atoms with Crippen LogP contribution in [0.1, 0.15) is 60.7 Å². The molecule has 3 heterocycles. The molecule has 6 nitrogen and oxygen atoms in total. The van der Waals surface area contributed by atoms with E-state index in [1.165, 1.54) is 13.0 Å². The number of benzene rings is 1. The average Bonchev–Trinajstić information content (AvgIpc) is 3.14. The number of nitrogens with zero attached hydrogens (tertiary/aromatic N) is 4. The van der Waals surface area contributed by atoms with E-state index in [0.29, 0.717) is 30.1 Å². The van der Waals surface area contributed by atoms with Crippen molar-refractivity contribution in [2.45, 2.75) is 65.5 Å². The lowest BCUT2D eigenvalue weighted by Crippen LogP contribution is -2.32. The lowest BCUT2D eigenvalue weighted by molar-refractivity contribution is -0.138. The highest BCUT2D eigenvalue weighted by Gasteiger charge is 2.48. The van der Waals surface area contributed by atoms with Gasteiger partial charge in [0.2, 0.25) is 11.9 Å². The Balaban J connectivity index is 1.56. The van der Waals surface area contributed by atoms with Crippen molar-refractivity contribution in [3.63, 3.8) is 0 Å². The predicted molar refractivity (Wildman–Crippen MR) is 112 cm³/mol. The predicted octanol–water partition coefficient (Wildman–Crippen LogP) is 3.94. The molecule has 170 valence electrons. The summed E-state index contributed by atoms with van der Waals surface area (Å²) in [7, 11) is 0. The van der Waals surface area contributed by atoms with E-state index < -0.39 is 17.8 Å². The van der Waals surface area contributed by atoms with Crippen LogP contribution in [-0.2, 0) is 30.6 Å². The number of nitrogens with one attached hydrogen (secondary N) is 1. The third kappa shape index (κ3) is 3.38. The Bertz CT molecular complexity index is 1180. The Morgan fingerprint density at radius 1 is 1.28 bits per heavy atom. The molecule has 1 aromatic heterocycles. The van der Waals surface area contributed by atoms with E-state index >= 15 is 0 Å². The van der Waals surface area contributed by atoms with Crippen molar-refractivity contribution in [2.75, 3.05) is 11.9 Å². The molecule has 32 heavy (non-hydrogen) atoms. The molecule has 9 heteroatoms. The van der Waals surface area contributed by atoms with E-state index in [-0.39, 0.29) is 16.9 Å². The van der Waals surface area contributed by atoms with Gasteiger partial charge in [0.15, 0.2) is 5.49 Å². The molecule has 1 saturated carbocycles. The first-order valence-corrected chi connectivity index (χ1v) is 10.9. The summed E-state index contributed by atoms with van der Waals surface area (Å²) >= 11 is 0. The summed E-state index contributed by atoms with van der Waals surface area (Å²) in [5, 5.41) is 3.25. The first kappa shape index (κ1) is 21.0. The van der Waals surface area contributed by atoms with Gasteiger partial charge in [-0.1, -0.05) is 19.1 Å². The zero-order chi connectivity index (χ0) is 22.8. The SMILES string of the molecule is Cc1c(C(C)N=c2nc3n(c4c2CN(C(=O)C2(C)CC2)C4)CCN3)cccc1C(F)(F)F. The molecule has 0 saturated heterocycles. The van der Waals surface area contributed by atoms with Gasteiger partial charge in [-0.05, 0) is 43.9 Å². The fraction of sp³-hybridized carbons (Fsp3) is 0.522. The largest absolute Gasteiger partial charge is 0.416 e. The standard InChI is InChI=1S/C23H26F3N5O/c1-13-15(5-4-6-17(13)23(24,25)26)14(2)28-19-16-11-30(20(32)22(3)7-8-22)12-18(16)31-10-9-27-21(31)29-19/h4-6,14H,7-12H2,1-3H3,(H,27,28,29). The summed E-state index contributed by atoms with van der Waals surface area (Å²) < 4.78 is 42.2. The normalized spacial score (nSPS) is 20.1. The van der Waals surface area contributed by atoms with Gasteiger partial charge in [-0.2, -0.15) is 18.2 Å². The van der Waals surface area contributed by atoms with E-state index in [4.69, 9.17) is 4.99 Å². The second-order valence-corrected chi connectivity index (χ2v) is 9.31. The number of carbonyl (C=O) groups excluding carboxylic acids is 1. The van der Waals surface area contributed by atoms with Gasteiger partial charge in [0.1, 0.15) is 0 Å². The van der Waals surface area contributed by atoms with Crippen LogP contribution in [0, 0.1) is 12.3 Å². The molecule has 0 radical (unpaired) electrons. The number of alkyl halides is 3. The molecular formula is C23H26F3N5O. The van der Waals surface area contributed by atoms with Crippen LogP contribution in [0.2, 0.25) is 0 Å². The van der Waals surface area contributed by atoms with Crippen molar-refractivity contribution in [3.05, 3.63) is 51.6 Å². The smallest absolute Gasteiger partial charge is 0.354 e. The van der Waals surface area contributed by atoms with Gasteiger partial charge in [-0.3, -0.25) is 9.79 Å². The molecule has 1 fully saturated rings. The Kier molecular flexibility index (Phi) is 4.65. The fourth-order valence-electron chi connectivity index (χ4n) is 4.77. The van der Waals surface area contributed by atoms with Crippen LogP contribution in [0.3, 0.4) is 0 Å². The highest BCUT2D eigenvalue weighted by molar-refractivity contribution is 5.85.